The number of benzene rings is 2. The molecule has 6 rings (SSSR count). The highest BCUT2D eigenvalue weighted by atomic mass is 32.2. The minimum absolute atomic E-state index is 0.0301. The molecule has 1 atom stereocenters. The lowest BCUT2D eigenvalue weighted by molar-refractivity contribution is 0.218. The van der Waals surface area contributed by atoms with Gasteiger partial charge in [-0.2, -0.15) is 0 Å². The van der Waals surface area contributed by atoms with Gasteiger partial charge < -0.3 is 14.9 Å². The number of aromatic amines is 2. The smallest absolute Gasteiger partial charge is 0.212 e. The molecular weight excluding hydrogens is 524 g/mol. The normalized spacial score (nSPS) is 19.0. The van der Waals surface area contributed by atoms with Gasteiger partial charge in [-0.1, -0.05) is 12.1 Å². The molecule has 2 aliphatic rings. The molecule has 4 heterocycles. The van der Waals surface area contributed by atoms with Gasteiger partial charge in [0.15, 0.2) is 0 Å². The molecule has 1 unspecified atom stereocenters. The Morgan fingerprint density at radius 2 is 1.38 bits per heavy atom. The Morgan fingerprint density at radius 1 is 0.875 bits per heavy atom. The summed E-state index contributed by atoms with van der Waals surface area (Å²) in [5.41, 5.74) is 6.67. The van der Waals surface area contributed by atoms with Gasteiger partial charge in [-0.25, -0.2) is 13.1 Å². The molecule has 0 amide bonds. The number of hydrogen-bond donors (Lipinski definition) is 3. The van der Waals surface area contributed by atoms with Crippen molar-refractivity contribution in [2.45, 2.75) is 43.4 Å². The van der Waals surface area contributed by atoms with Crippen molar-refractivity contribution in [1.29, 1.82) is 0 Å². The van der Waals surface area contributed by atoms with Crippen molar-refractivity contribution in [3.05, 3.63) is 76.0 Å². The summed E-state index contributed by atoms with van der Waals surface area (Å²) >= 11 is 0. The van der Waals surface area contributed by atoms with E-state index >= 15 is 0 Å². The lowest BCUT2D eigenvalue weighted by Crippen LogP contribution is -2.29. The third-order valence-corrected chi connectivity index (χ3v) is 10.6. The zero-order valence-corrected chi connectivity index (χ0v) is 24.0. The van der Waals surface area contributed by atoms with Gasteiger partial charge in [-0.15, -0.1) is 4.91 Å². The highest BCUT2D eigenvalue weighted by molar-refractivity contribution is 7.89. The molecule has 0 bridgehead atoms. The van der Waals surface area contributed by atoms with E-state index in [1.54, 1.807) is 5.01 Å². The molecular formula is C30H38N6O3S. The SMILES string of the molecule is CNS(=O)(=O)CC(c1ccc2[nH]cc(C3CCN(C)CC3)c2c1)c1ccc2[nH]cc(C3CCN(N=O)CC3)c2c1. The molecule has 0 spiro atoms. The Labute approximate surface area is 235 Å². The average molecular weight is 563 g/mol. The third kappa shape index (κ3) is 5.27. The Bertz CT molecular complexity index is 1610. The first kappa shape index (κ1) is 27.0. The van der Waals surface area contributed by atoms with Gasteiger partial charge >= 0.3 is 0 Å². The number of likely N-dealkylation sites (tertiary alicyclic amines) is 1. The fourth-order valence-corrected chi connectivity index (χ4v) is 7.68. The number of hydrogen-bond acceptors (Lipinski definition) is 5. The molecule has 4 aromatic rings. The van der Waals surface area contributed by atoms with Crippen molar-refractivity contribution in [3.63, 3.8) is 0 Å². The number of nitrogens with one attached hydrogen (secondary N) is 3. The van der Waals surface area contributed by atoms with Crippen LogP contribution in [0.25, 0.3) is 21.8 Å². The highest BCUT2D eigenvalue weighted by Crippen LogP contribution is 2.38. The maximum absolute atomic E-state index is 12.9. The molecule has 0 aliphatic carbocycles. The van der Waals surface area contributed by atoms with Crippen LogP contribution in [-0.4, -0.2) is 74.3 Å². The van der Waals surface area contributed by atoms with E-state index in [0.717, 1.165) is 66.3 Å². The van der Waals surface area contributed by atoms with Crippen molar-refractivity contribution >= 4 is 31.8 Å². The van der Waals surface area contributed by atoms with Crippen LogP contribution in [0.3, 0.4) is 0 Å². The predicted molar refractivity (Wildman–Crippen MR) is 160 cm³/mol. The van der Waals surface area contributed by atoms with Gasteiger partial charge in [-0.3, -0.25) is 5.01 Å². The van der Waals surface area contributed by atoms with E-state index in [-0.39, 0.29) is 11.7 Å². The standard InChI is InChI=1S/C30H38N6O3S/c1-31-40(38,39)19-28(22-3-5-29-24(15-22)26(17-32-29)20-7-11-35(2)12-8-20)23-4-6-30-25(16-23)27(18-33-30)21-9-13-36(34-37)14-10-21/h3-6,15-18,20-21,28,31-33H,7-14,19H2,1-2H3. The van der Waals surface area contributed by atoms with E-state index in [0.29, 0.717) is 24.9 Å². The molecule has 0 saturated carbocycles. The Hall–Kier alpha value is -3.21. The molecule has 2 saturated heterocycles. The van der Waals surface area contributed by atoms with Gasteiger partial charge in [0.25, 0.3) is 0 Å². The summed E-state index contributed by atoms with van der Waals surface area (Å²) in [5.74, 6) is 0.474. The van der Waals surface area contributed by atoms with Crippen LogP contribution < -0.4 is 4.72 Å². The lowest BCUT2D eigenvalue weighted by atomic mass is 9.86. The van der Waals surface area contributed by atoms with Crippen LogP contribution in [0.4, 0.5) is 0 Å². The number of H-pyrrole nitrogens is 2. The number of nitrogens with zero attached hydrogens (tertiary/aromatic N) is 3. The minimum Gasteiger partial charge on any atom is -0.361 e. The van der Waals surface area contributed by atoms with Crippen molar-refractivity contribution < 1.29 is 8.42 Å². The molecule has 9 nitrogen and oxygen atoms in total. The van der Waals surface area contributed by atoms with Gasteiger partial charge in [-0.05, 0) is 111 Å². The molecule has 0 radical (unpaired) electrons. The van der Waals surface area contributed by atoms with Crippen molar-refractivity contribution in [2.75, 3.05) is 46.0 Å². The molecule has 10 heteroatoms. The first-order chi connectivity index (χ1) is 19.3. The highest BCUT2D eigenvalue weighted by Gasteiger charge is 2.27. The summed E-state index contributed by atoms with van der Waals surface area (Å²) in [6, 6.07) is 12.7. The molecule has 212 valence electrons. The second-order valence-electron chi connectivity index (χ2n) is 11.5. The van der Waals surface area contributed by atoms with Crippen molar-refractivity contribution in [1.82, 2.24) is 24.6 Å². The van der Waals surface area contributed by atoms with Crippen LogP contribution in [0.5, 0.6) is 0 Å². The fourth-order valence-electron chi connectivity index (χ4n) is 6.69. The van der Waals surface area contributed by atoms with E-state index in [4.69, 9.17) is 0 Å². The summed E-state index contributed by atoms with van der Waals surface area (Å²) in [5, 5.41) is 7.01. The maximum Gasteiger partial charge on any atom is 0.212 e. The maximum atomic E-state index is 12.9. The quantitative estimate of drug-likeness (QED) is 0.262. The Balaban J connectivity index is 1.39. The third-order valence-electron chi connectivity index (χ3n) is 9.16. The Kier molecular flexibility index (Phi) is 7.41. The van der Waals surface area contributed by atoms with Crippen LogP contribution in [0.1, 0.15) is 65.7 Å². The number of nitroso groups, excluding NO2 is 1. The molecule has 3 N–H and O–H groups in total. The molecule has 40 heavy (non-hydrogen) atoms. The zero-order valence-electron chi connectivity index (χ0n) is 23.2. The lowest BCUT2D eigenvalue weighted by Gasteiger charge is -2.29. The Morgan fingerprint density at radius 3 is 1.85 bits per heavy atom. The zero-order chi connectivity index (χ0) is 27.9. The molecule has 2 fully saturated rings. The summed E-state index contributed by atoms with van der Waals surface area (Å²) in [6.45, 7) is 3.48. The van der Waals surface area contributed by atoms with Crippen LogP contribution in [-0.2, 0) is 10.0 Å². The second kappa shape index (κ2) is 11.0. The average Bonchev–Trinajstić information content (AvgIpc) is 3.60. The number of piperidine rings is 2. The molecule has 2 aromatic carbocycles. The first-order valence-electron chi connectivity index (χ1n) is 14.2. The summed E-state index contributed by atoms with van der Waals surface area (Å²) in [4.78, 5) is 20.2. The molecule has 2 aliphatic heterocycles. The van der Waals surface area contributed by atoms with E-state index in [2.05, 4.69) is 80.7 Å². The van der Waals surface area contributed by atoms with E-state index in [9.17, 15) is 13.3 Å². The topological polar surface area (TPSA) is 114 Å². The number of fused-ring (bicyclic) bond motifs is 2. The van der Waals surface area contributed by atoms with E-state index in [1.807, 2.05) is 0 Å². The fraction of sp³-hybridized carbons (Fsp3) is 0.467. The van der Waals surface area contributed by atoms with E-state index < -0.39 is 10.0 Å². The predicted octanol–water partition coefficient (Wildman–Crippen LogP) is 5.00. The van der Waals surface area contributed by atoms with Crippen molar-refractivity contribution in [3.8, 4) is 0 Å². The summed E-state index contributed by atoms with van der Waals surface area (Å²) in [7, 11) is 0.167. The van der Waals surface area contributed by atoms with Crippen LogP contribution in [0.15, 0.2) is 54.1 Å². The summed E-state index contributed by atoms with van der Waals surface area (Å²) < 4.78 is 28.4. The van der Waals surface area contributed by atoms with Crippen LogP contribution in [0, 0.1) is 4.91 Å². The monoisotopic (exact) mass is 562 g/mol. The van der Waals surface area contributed by atoms with E-state index in [1.165, 1.54) is 23.6 Å². The van der Waals surface area contributed by atoms with Gasteiger partial charge in [0.1, 0.15) is 0 Å². The second-order valence-corrected chi connectivity index (χ2v) is 13.5. The minimum atomic E-state index is -3.49. The van der Waals surface area contributed by atoms with Gasteiger partial charge in [0, 0.05) is 53.2 Å². The first-order valence-corrected chi connectivity index (χ1v) is 15.9. The van der Waals surface area contributed by atoms with Gasteiger partial charge in [0.05, 0.1) is 11.0 Å². The number of sulfonamides is 1. The van der Waals surface area contributed by atoms with Crippen molar-refractivity contribution in [2.24, 2.45) is 5.29 Å². The largest absolute Gasteiger partial charge is 0.361 e. The van der Waals surface area contributed by atoms with Crippen LogP contribution >= 0.6 is 0 Å². The number of aromatic nitrogens is 2. The number of rotatable bonds is 8. The molecule has 2 aromatic heterocycles. The van der Waals surface area contributed by atoms with Gasteiger partial charge in [0.2, 0.25) is 10.0 Å². The van der Waals surface area contributed by atoms with Crippen LogP contribution in [0.2, 0.25) is 0 Å². The summed E-state index contributed by atoms with van der Waals surface area (Å²) in [6.07, 6.45) is 8.20.